The van der Waals surface area contributed by atoms with Crippen molar-refractivity contribution in [3.8, 4) is 6.07 Å². The van der Waals surface area contributed by atoms with Crippen LogP contribution in [0, 0.1) is 24.2 Å². The van der Waals surface area contributed by atoms with Crippen molar-refractivity contribution >= 4 is 0 Å². The normalized spacial score (nSPS) is 15.2. The van der Waals surface area contributed by atoms with Crippen LogP contribution in [0.1, 0.15) is 30.9 Å². The molecule has 5 heteroatoms. The van der Waals surface area contributed by atoms with Gasteiger partial charge in [-0.25, -0.2) is 0 Å². The van der Waals surface area contributed by atoms with Crippen molar-refractivity contribution in [1.29, 1.82) is 5.26 Å². The smallest absolute Gasteiger partial charge is 0.146 e. The third-order valence-corrected chi connectivity index (χ3v) is 3.30. The number of aromatic nitrogens is 3. The van der Waals surface area contributed by atoms with Gasteiger partial charge in [-0.05, 0) is 25.7 Å². The Morgan fingerprint density at radius 1 is 1.47 bits per heavy atom. The largest absolute Gasteiger partial charge is 0.317 e. The highest BCUT2D eigenvalue weighted by Gasteiger charge is 2.24. The Hall–Kier alpha value is -1.41. The van der Waals surface area contributed by atoms with Crippen molar-refractivity contribution in [2.75, 3.05) is 13.1 Å². The summed E-state index contributed by atoms with van der Waals surface area (Å²) in [4.78, 5) is 2.32. The third kappa shape index (κ3) is 3.27. The van der Waals surface area contributed by atoms with Crippen molar-refractivity contribution in [3.63, 3.8) is 0 Å². The first-order valence-corrected chi connectivity index (χ1v) is 6.15. The lowest BCUT2D eigenvalue weighted by atomic mass is 10.3. The van der Waals surface area contributed by atoms with E-state index in [1.807, 2.05) is 18.5 Å². The van der Waals surface area contributed by atoms with Gasteiger partial charge in [-0.2, -0.15) is 5.26 Å². The van der Waals surface area contributed by atoms with Crippen LogP contribution in [-0.2, 0) is 13.6 Å². The fraction of sp³-hybridized carbons (Fsp3) is 0.750. The molecule has 5 nitrogen and oxygen atoms in total. The van der Waals surface area contributed by atoms with Crippen LogP contribution in [0.4, 0.5) is 0 Å². The van der Waals surface area contributed by atoms with E-state index in [0.717, 1.165) is 37.2 Å². The van der Waals surface area contributed by atoms with Gasteiger partial charge in [-0.1, -0.05) is 0 Å². The molecule has 0 radical (unpaired) electrons. The Bertz CT molecular complexity index is 413. The van der Waals surface area contributed by atoms with Gasteiger partial charge in [0.1, 0.15) is 11.6 Å². The summed E-state index contributed by atoms with van der Waals surface area (Å²) in [5, 5.41) is 16.9. The molecule has 1 aromatic heterocycles. The molecule has 2 rings (SSSR count). The molecular formula is C12H19N5. The molecule has 1 aliphatic carbocycles. The van der Waals surface area contributed by atoms with E-state index in [-0.39, 0.29) is 0 Å². The minimum absolute atomic E-state index is 0.587. The van der Waals surface area contributed by atoms with E-state index in [1.165, 1.54) is 12.8 Å². The molecule has 0 spiro atoms. The molecule has 1 aromatic rings. The summed E-state index contributed by atoms with van der Waals surface area (Å²) >= 11 is 0. The Labute approximate surface area is 102 Å². The standard InChI is InChI=1S/C12H19N5/c1-10-14-15-12(16(10)2)9-17(7-3-6-13)8-11-4-5-11/h11H,3-5,7-9H2,1-2H3. The molecule has 0 atom stereocenters. The molecule has 1 saturated carbocycles. The summed E-state index contributed by atoms with van der Waals surface area (Å²) in [6.45, 7) is 4.68. The number of nitriles is 1. The highest BCUT2D eigenvalue weighted by Crippen LogP contribution is 2.30. The van der Waals surface area contributed by atoms with Gasteiger partial charge in [0.2, 0.25) is 0 Å². The van der Waals surface area contributed by atoms with E-state index in [2.05, 4.69) is 21.2 Å². The van der Waals surface area contributed by atoms with Crippen LogP contribution in [0.3, 0.4) is 0 Å². The summed E-state index contributed by atoms with van der Waals surface area (Å²) < 4.78 is 2.02. The summed E-state index contributed by atoms with van der Waals surface area (Å²) in [7, 11) is 1.99. The lowest BCUT2D eigenvalue weighted by Crippen LogP contribution is -2.28. The molecule has 0 saturated heterocycles. The highest BCUT2D eigenvalue weighted by atomic mass is 15.3. The fourth-order valence-electron chi connectivity index (χ4n) is 1.90. The van der Waals surface area contributed by atoms with Crippen molar-refractivity contribution in [2.24, 2.45) is 13.0 Å². The maximum absolute atomic E-state index is 8.68. The topological polar surface area (TPSA) is 57.7 Å². The third-order valence-electron chi connectivity index (χ3n) is 3.30. The molecule has 0 bridgehead atoms. The van der Waals surface area contributed by atoms with E-state index >= 15 is 0 Å². The first kappa shape index (κ1) is 12.1. The average Bonchev–Trinajstić information content (AvgIpc) is 3.08. The number of aryl methyl sites for hydroxylation is 1. The van der Waals surface area contributed by atoms with Crippen LogP contribution in [-0.4, -0.2) is 32.8 Å². The fourth-order valence-corrected chi connectivity index (χ4v) is 1.90. The summed E-state index contributed by atoms with van der Waals surface area (Å²) in [5.41, 5.74) is 0. The molecule has 0 N–H and O–H groups in total. The molecule has 0 unspecified atom stereocenters. The van der Waals surface area contributed by atoms with Gasteiger partial charge in [-0.3, -0.25) is 4.90 Å². The molecule has 0 aromatic carbocycles. The second kappa shape index (κ2) is 5.28. The molecule has 1 heterocycles. The number of hydrogen-bond acceptors (Lipinski definition) is 4. The van der Waals surface area contributed by atoms with Crippen molar-refractivity contribution in [1.82, 2.24) is 19.7 Å². The van der Waals surface area contributed by atoms with E-state index in [9.17, 15) is 0 Å². The van der Waals surface area contributed by atoms with Crippen molar-refractivity contribution in [3.05, 3.63) is 11.6 Å². The maximum Gasteiger partial charge on any atom is 0.146 e. The Morgan fingerprint density at radius 3 is 2.76 bits per heavy atom. The van der Waals surface area contributed by atoms with Gasteiger partial charge in [-0.15, -0.1) is 10.2 Å². The predicted octanol–water partition coefficient (Wildman–Crippen LogP) is 1.25. The number of hydrogen-bond donors (Lipinski definition) is 0. The zero-order valence-electron chi connectivity index (χ0n) is 10.6. The highest BCUT2D eigenvalue weighted by molar-refractivity contribution is 4.93. The van der Waals surface area contributed by atoms with Crippen LogP contribution in [0.25, 0.3) is 0 Å². The van der Waals surface area contributed by atoms with E-state index < -0.39 is 0 Å². The molecular weight excluding hydrogens is 214 g/mol. The molecule has 17 heavy (non-hydrogen) atoms. The van der Waals surface area contributed by atoms with Crippen LogP contribution in [0.5, 0.6) is 0 Å². The zero-order chi connectivity index (χ0) is 12.3. The lowest BCUT2D eigenvalue weighted by molar-refractivity contribution is 0.251. The minimum Gasteiger partial charge on any atom is -0.317 e. The van der Waals surface area contributed by atoms with Crippen molar-refractivity contribution < 1.29 is 0 Å². The Morgan fingerprint density at radius 2 is 2.24 bits per heavy atom. The summed E-state index contributed by atoms with van der Waals surface area (Å²) in [6.07, 6.45) is 3.26. The average molecular weight is 233 g/mol. The molecule has 92 valence electrons. The minimum atomic E-state index is 0.587. The SMILES string of the molecule is Cc1nnc(CN(CCC#N)CC2CC2)n1C. The number of nitrogens with zero attached hydrogens (tertiary/aromatic N) is 5. The van der Waals surface area contributed by atoms with Crippen LogP contribution >= 0.6 is 0 Å². The summed E-state index contributed by atoms with van der Waals surface area (Å²) in [6, 6.07) is 2.21. The van der Waals surface area contributed by atoms with Gasteiger partial charge >= 0.3 is 0 Å². The van der Waals surface area contributed by atoms with Crippen LogP contribution in [0.15, 0.2) is 0 Å². The van der Waals surface area contributed by atoms with Crippen molar-refractivity contribution in [2.45, 2.75) is 32.7 Å². The molecule has 1 aliphatic rings. The first-order chi connectivity index (χ1) is 8.20. The van der Waals surface area contributed by atoms with Gasteiger partial charge in [0, 0.05) is 26.6 Å². The lowest BCUT2D eigenvalue weighted by Gasteiger charge is -2.20. The molecule has 1 fully saturated rings. The van der Waals surface area contributed by atoms with Crippen LogP contribution in [0.2, 0.25) is 0 Å². The van der Waals surface area contributed by atoms with E-state index in [4.69, 9.17) is 5.26 Å². The van der Waals surface area contributed by atoms with Gasteiger partial charge in [0.05, 0.1) is 12.6 Å². The predicted molar refractivity (Wildman–Crippen MR) is 64.0 cm³/mol. The second-order valence-electron chi connectivity index (χ2n) is 4.81. The Balaban J connectivity index is 1.95. The van der Waals surface area contributed by atoms with Gasteiger partial charge in [0.25, 0.3) is 0 Å². The van der Waals surface area contributed by atoms with Crippen LogP contribution < -0.4 is 0 Å². The number of rotatable bonds is 6. The molecule has 0 amide bonds. The second-order valence-corrected chi connectivity index (χ2v) is 4.81. The monoisotopic (exact) mass is 233 g/mol. The van der Waals surface area contributed by atoms with E-state index in [1.54, 1.807) is 0 Å². The quantitative estimate of drug-likeness (QED) is 0.742. The first-order valence-electron chi connectivity index (χ1n) is 6.15. The van der Waals surface area contributed by atoms with Gasteiger partial charge < -0.3 is 4.57 Å². The van der Waals surface area contributed by atoms with E-state index in [0.29, 0.717) is 6.42 Å². The zero-order valence-corrected chi connectivity index (χ0v) is 10.6. The maximum atomic E-state index is 8.68. The van der Waals surface area contributed by atoms with Gasteiger partial charge in [0.15, 0.2) is 0 Å². The summed E-state index contributed by atoms with van der Waals surface area (Å²) in [5.74, 6) is 2.76. The Kier molecular flexibility index (Phi) is 3.75. The molecule has 0 aliphatic heterocycles.